The minimum absolute atomic E-state index is 0.514. The third kappa shape index (κ3) is 3.83. The van der Waals surface area contributed by atoms with E-state index < -0.39 is 0 Å². The van der Waals surface area contributed by atoms with Gasteiger partial charge in [0.1, 0.15) is 0 Å². The van der Waals surface area contributed by atoms with Gasteiger partial charge in [-0.05, 0) is 54.7 Å². The van der Waals surface area contributed by atoms with Crippen molar-refractivity contribution < 1.29 is 0 Å². The first-order valence-corrected chi connectivity index (χ1v) is 8.20. The Balaban J connectivity index is 1.72. The largest absolute Gasteiger partial charge is 0.381 e. The average molecular weight is 301 g/mol. The van der Waals surface area contributed by atoms with Crippen LogP contribution in [0.4, 0.5) is 5.69 Å². The van der Waals surface area contributed by atoms with Gasteiger partial charge in [0.25, 0.3) is 0 Å². The van der Waals surface area contributed by atoms with Gasteiger partial charge in [-0.15, -0.1) is 5.73 Å². The van der Waals surface area contributed by atoms with E-state index in [4.69, 9.17) is 0 Å². The van der Waals surface area contributed by atoms with Crippen LogP contribution in [0.1, 0.15) is 36.5 Å². The van der Waals surface area contributed by atoms with Crippen LogP contribution in [0, 0.1) is 0 Å². The van der Waals surface area contributed by atoms with Crippen LogP contribution in [0.2, 0.25) is 0 Å². The zero-order valence-corrected chi connectivity index (χ0v) is 13.8. The molecular weight excluding hydrogens is 278 g/mol. The molecule has 1 N–H and O–H groups in total. The molecule has 0 saturated heterocycles. The molecule has 0 aromatic heterocycles. The second kappa shape index (κ2) is 7.17. The summed E-state index contributed by atoms with van der Waals surface area (Å²) in [6, 6.07) is 17.1. The van der Waals surface area contributed by atoms with Gasteiger partial charge in [0, 0.05) is 18.2 Å². The van der Waals surface area contributed by atoms with Gasteiger partial charge in [-0.2, -0.15) is 0 Å². The van der Waals surface area contributed by atoms with Gasteiger partial charge in [0.05, 0.1) is 0 Å². The lowest BCUT2D eigenvalue weighted by molar-refractivity contribution is 0.733. The molecule has 0 bridgehead atoms. The SMILES string of the molecule is CC(C)=C=C/C=C\C1Cc2cccc(NCc3ccccc3)c21. The molecule has 0 radical (unpaired) electrons. The van der Waals surface area contributed by atoms with E-state index in [-0.39, 0.29) is 0 Å². The molecule has 3 rings (SSSR count). The van der Waals surface area contributed by atoms with E-state index in [1.54, 1.807) is 0 Å². The first-order chi connectivity index (χ1) is 11.2. The molecule has 0 aliphatic heterocycles. The van der Waals surface area contributed by atoms with E-state index in [9.17, 15) is 0 Å². The molecule has 0 heterocycles. The number of anilines is 1. The number of rotatable bonds is 5. The lowest BCUT2D eigenvalue weighted by Crippen LogP contribution is -2.18. The quantitative estimate of drug-likeness (QED) is 0.558. The van der Waals surface area contributed by atoms with Crippen molar-refractivity contribution in [3.8, 4) is 0 Å². The fourth-order valence-corrected chi connectivity index (χ4v) is 2.95. The summed E-state index contributed by atoms with van der Waals surface area (Å²) in [7, 11) is 0. The Morgan fingerprint density at radius 3 is 2.74 bits per heavy atom. The Morgan fingerprint density at radius 1 is 1.13 bits per heavy atom. The van der Waals surface area contributed by atoms with Crippen LogP contribution in [0.5, 0.6) is 0 Å². The van der Waals surface area contributed by atoms with Crippen molar-refractivity contribution >= 4 is 5.69 Å². The number of fused-ring (bicyclic) bond motifs is 1. The smallest absolute Gasteiger partial charge is 0.0400 e. The minimum atomic E-state index is 0.514. The Hall–Kier alpha value is -2.50. The summed E-state index contributed by atoms with van der Waals surface area (Å²) in [5, 5.41) is 3.60. The van der Waals surface area contributed by atoms with Crippen LogP contribution in [0.15, 0.2) is 78.1 Å². The zero-order chi connectivity index (χ0) is 16.1. The van der Waals surface area contributed by atoms with Gasteiger partial charge in [-0.3, -0.25) is 0 Å². The lowest BCUT2D eigenvalue weighted by atomic mass is 9.76. The van der Waals surface area contributed by atoms with Crippen LogP contribution in [0.25, 0.3) is 0 Å². The van der Waals surface area contributed by atoms with Crippen molar-refractivity contribution in [2.24, 2.45) is 0 Å². The fourth-order valence-electron chi connectivity index (χ4n) is 2.95. The van der Waals surface area contributed by atoms with Crippen molar-refractivity contribution in [1.82, 2.24) is 0 Å². The van der Waals surface area contributed by atoms with Crippen molar-refractivity contribution in [2.75, 3.05) is 5.32 Å². The number of allylic oxidation sites excluding steroid dienone is 3. The van der Waals surface area contributed by atoms with Crippen molar-refractivity contribution in [1.29, 1.82) is 0 Å². The summed E-state index contributed by atoms with van der Waals surface area (Å²) < 4.78 is 0. The molecule has 116 valence electrons. The molecule has 1 heteroatoms. The van der Waals surface area contributed by atoms with Gasteiger partial charge in [-0.25, -0.2) is 0 Å². The van der Waals surface area contributed by atoms with Gasteiger partial charge >= 0.3 is 0 Å². The second-order valence-corrected chi connectivity index (χ2v) is 6.22. The summed E-state index contributed by atoms with van der Waals surface area (Å²) in [6.07, 6.45) is 7.54. The number of benzene rings is 2. The van der Waals surface area contributed by atoms with Crippen LogP contribution < -0.4 is 5.32 Å². The molecule has 2 aromatic carbocycles. The first-order valence-electron chi connectivity index (χ1n) is 8.20. The van der Waals surface area contributed by atoms with E-state index in [0.717, 1.165) is 13.0 Å². The molecule has 1 aliphatic rings. The van der Waals surface area contributed by atoms with Crippen molar-refractivity contribution in [3.05, 3.63) is 94.8 Å². The van der Waals surface area contributed by atoms with Gasteiger partial charge < -0.3 is 5.32 Å². The second-order valence-electron chi connectivity index (χ2n) is 6.22. The van der Waals surface area contributed by atoms with E-state index in [2.05, 4.69) is 85.6 Å². The van der Waals surface area contributed by atoms with Crippen LogP contribution in [-0.4, -0.2) is 0 Å². The highest BCUT2D eigenvalue weighted by Crippen LogP contribution is 2.41. The maximum Gasteiger partial charge on any atom is 0.0400 e. The topological polar surface area (TPSA) is 12.0 Å². The zero-order valence-electron chi connectivity index (χ0n) is 13.8. The maximum atomic E-state index is 3.60. The Bertz CT molecular complexity index is 758. The Kier molecular flexibility index (Phi) is 4.80. The summed E-state index contributed by atoms with van der Waals surface area (Å²) in [4.78, 5) is 0. The lowest BCUT2D eigenvalue weighted by Gasteiger charge is -2.30. The molecule has 1 unspecified atom stereocenters. The normalized spacial score (nSPS) is 15.5. The van der Waals surface area contributed by atoms with E-state index >= 15 is 0 Å². The van der Waals surface area contributed by atoms with E-state index in [1.165, 1.54) is 28.0 Å². The predicted octanol–water partition coefficient (Wildman–Crippen LogP) is 5.62. The Labute approximate surface area is 139 Å². The molecule has 1 atom stereocenters. The molecule has 0 amide bonds. The van der Waals surface area contributed by atoms with Gasteiger partial charge in [-0.1, -0.05) is 54.6 Å². The third-order valence-electron chi connectivity index (χ3n) is 4.14. The van der Waals surface area contributed by atoms with Crippen LogP contribution in [-0.2, 0) is 13.0 Å². The number of hydrogen-bond donors (Lipinski definition) is 1. The predicted molar refractivity (Wildman–Crippen MR) is 98.7 cm³/mol. The number of hydrogen-bond acceptors (Lipinski definition) is 1. The van der Waals surface area contributed by atoms with Crippen LogP contribution in [0.3, 0.4) is 0 Å². The molecular formula is C22H23N. The highest BCUT2D eigenvalue weighted by atomic mass is 14.9. The first kappa shape index (κ1) is 15.4. The third-order valence-corrected chi connectivity index (χ3v) is 4.14. The molecule has 0 fully saturated rings. The summed E-state index contributed by atoms with van der Waals surface area (Å²) in [6.45, 7) is 4.99. The summed E-state index contributed by atoms with van der Waals surface area (Å²) in [5.41, 5.74) is 9.91. The molecule has 0 saturated carbocycles. The molecule has 1 nitrogen and oxygen atoms in total. The summed E-state index contributed by atoms with van der Waals surface area (Å²) >= 11 is 0. The molecule has 23 heavy (non-hydrogen) atoms. The van der Waals surface area contributed by atoms with Gasteiger partial charge in [0.2, 0.25) is 0 Å². The molecule has 1 aliphatic carbocycles. The highest BCUT2D eigenvalue weighted by molar-refractivity contribution is 5.62. The minimum Gasteiger partial charge on any atom is -0.381 e. The number of nitrogens with one attached hydrogen (secondary N) is 1. The maximum absolute atomic E-state index is 3.60. The van der Waals surface area contributed by atoms with Gasteiger partial charge in [0.15, 0.2) is 0 Å². The van der Waals surface area contributed by atoms with Crippen LogP contribution >= 0.6 is 0 Å². The fraction of sp³-hybridized carbons (Fsp3) is 0.227. The molecule has 0 spiro atoms. The molecule has 2 aromatic rings. The van der Waals surface area contributed by atoms with Crippen molar-refractivity contribution in [2.45, 2.75) is 32.7 Å². The van der Waals surface area contributed by atoms with E-state index in [1.807, 2.05) is 6.08 Å². The monoisotopic (exact) mass is 301 g/mol. The summed E-state index contributed by atoms with van der Waals surface area (Å²) in [5.74, 6) is 0.514. The van der Waals surface area contributed by atoms with Crippen molar-refractivity contribution in [3.63, 3.8) is 0 Å². The highest BCUT2D eigenvalue weighted by Gasteiger charge is 2.26. The van der Waals surface area contributed by atoms with E-state index in [0.29, 0.717) is 5.92 Å². The Morgan fingerprint density at radius 2 is 1.96 bits per heavy atom. The standard InChI is InChI=1S/C22H23N/c1-17(2)9-6-7-12-19-15-20-13-8-14-21(22(19)20)23-16-18-10-4-3-5-11-18/h3-8,10-14,19,23H,15-16H2,1-2H3/b12-7-. The average Bonchev–Trinajstić information content (AvgIpc) is 2.53.